The van der Waals surface area contributed by atoms with E-state index in [2.05, 4.69) is 46.4 Å². The standard InChI is InChI=1S/C20H41NO/c1-19(2,3)12-17-22-16-9-7-8-13-21-14-10-18(11-15-21)20(4,5)6/h18H,7-17H2,1-6H3. The van der Waals surface area contributed by atoms with Crippen molar-refractivity contribution in [3.8, 4) is 0 Å². The van der Waals surface area contributed by atoms with Crippen molar-refractivity contribution in [1.82, 2.24) is 4.90 Å². The average Bonchev–Trinajstić information content (AvgIpc) is 2.40. The molecule has 2 heteroatoms. The second-order valence-electron chi connectivity index (χ2n) is 9.47. The predicted octanol–water partition coefficient (Wildman–Crippen LogP) is 5.37. The molecule has 0 aliphatic carbocycles. The quantitative estimate of drug-likeness (QED) is 0.559. The number of hydrogen-bond donors (Lipinski definition) is 0. The number of ether oxygens (including phenoxy) is 1. The molecule has 1 fully saturated rings. The van der Waals surface area contributed by atoms with Crippen molar-refractivity contribution in [3.63, 3.8) is 0 Å². The van der Waals surface area contributed by atoms with E-state index in [1.165, 1.54) is 51.7 Å². The molecular formula is C20H41NO. The van der Waals surface area contributed by atoms with E-state index in [1.54, 1.807) is 0 Å². The van der Waals surface area contributed by atoms with Crippen molar-refractivity contribution in [2.75, 3.05) is 32.8 Å². The van der Waals surface area contributed by atoms with Gasteiger partial charge in [0.2, 0.25) is 0 Å². The lowest BCUT2D eigenvalue weighted by molar-refractivity contribution is 0.0993. The SMILES string of the molecule is CC(C)(C)CCOCCCCCN1CCC(C(C)(C)C)CC1. The highest BCUT2D eigenvalue weighted by Crippen LogP contribution is 2.34. The van der Waals surface area contributed by atoms with Crippen molar-refractivity contribution in [2.24, 2.45) is 16.7 Å². The first-order valence-corrected chi connectivity index (χ1v) is 9.48. The first-order valence-electron chi connectivity index (χ1n) is 9.48. The van der Waals surface area contributed by atoms with Gasteiger partial charge in [-0.1, -0.05) is 41.5 Å². The van der Waals surface area contributed by atoms with Gasteiger partial charge in [-0.2, -0.15) is 0 Å². The van der Waals surface area contributed by atoms with Crippen LogP contribution in [0, 0.1) is 16.7 Å². The molecule has 22 heavy (non-hydrogen) atoms. The molecule has 0 bridgehead atoms. The van der Waals surface area contributed by atoms with Crippen LogP contribution >= 0.6 is 0 Å². The molecule has 0 aromatic rings. The summed E-state index contributed by atoms with van der Waals surface area (Å²) in [5.41, 5.74) is 0.898. The number of rotatable bonds is 8. The maximum Gasteiger partial charge on any atom is 0.0471 e. The topological polar surface area (TPSA) is 12.5 Å². The Morgan fingerprint density at radius 1 is 0.864 bits per heavy atom. The summed E-state index contributed by atoms with van der Waals surface area (Å²) in [6.45, 7) is 19.8. The first kappa shape index (κ1) is 20.0. The van der Waals surface area contributed by atoms with Crippen LogP contribution in [0.5, 0.6) is 0 Å². The Kier molecular flexibility index (Phi) is 8.42. The Balaban J connectivity index is 1.94. The van der Waals surface area contributed by atoms with Gasteiger partial charge in [0.1, 0.15) is 0 Å². The first-order chi connectivity index (χ1) is 10.2. The maximum absolute atomic E-state index is 5.74. The molecule has 0 atom stereocenters. The Bertz CT molecular complexity index is 279. The molecule has 1 saturated heterocycles. The molecule has 0 N–H and O–H groups in total. The molecule has 1 aliphatic heterocycles. The lowest BCUT2D eigenvalue weighted by atomic mass is 9.75. The summed E-state index contributed by atoms with van der Waals surface area (Å²) in [4.78, 5) is 2.67. The molecule has 1 rings (SSSR count). The normalized spacial score (nSPS) is 18.8. The van der Waals surface area contributed by atoms with E-state index in [0.717, 1.165) is 25.6 Å². The van der Waals surface area contributed by atoms with Crippen LogP contribution in [0.2, 0.25) is 0 Å². The molecule has 0 radical (unpaired) electrons. The Hall–Kier alpha value is -0.0800. The number of hydrogen-bond acceptors (Lipinski definition) is 2. The largest absolute Gasteiger partial charge is 0.381 e. The summed E-state index contributed by atoms with van der Waals surface area (Å²) in [5.74, 6) is 0.917. The van der Waals surface area contributed by atoms with E-state index < -0.39 is 0 Å². The summed E-state index contributed by atoms with van der Waals surface area (Å²) in [7, 11) is 0. The van der Waals surface area contributed by atoms with E-state index in [4.69, 9.17) is 4.74 Å². The molecule has 0 amide bonds. The van der Waals surface area contributed by atoms with Crippen LogP contribution in [-0.2, 0) is 4.74 Å². The molecular weight excluding hydrogens is 270 g/mol. The Morgan fingerprint density at radius 2 is 1.50 bits per heavy atom. The van der Waals surface area contributed by atoms with E-state index >= 15 is 0 Å². The summed E-state index contributed by atoms with van der Waals surface area (Å²) in [5, 5.41) is 0. The third-order valence-corrected chi connectivity index (χ3v) is 5.07. The summed E-state index contributed by atoms with van der Waals surface area (Å²) < 4.78 is 5.74. The lowest BCUT2D eigenvalue weighted by Gasteiger charge is -2.38. The average molecular weight is 312 g/mol. The highest BCUT2D eigenvalue weighted by atomic mass is 16.5. The van der Waals surface area contributed by atoms with E-state index in [-0.39, 0.29) is 0 Å². The highest BCUT2D eigenvalue weighted by molar-refractivity contribution is 4.80. The van der Waals surface area contributed by atoms with Crippen LogP contribution < -0.4 is 0 Å². The van der Waals surface area contributed by atoms with Crippen LogP contribution in [0.4, 0.5) is 0 Å². The second-order valence-corrected chi connectivity index (χ2v) is 9.47. The van der Waals surface area contributed by atoms with Crippen LogP contribution in [0.3, 0.4) is 0 Å². The van der Waals surface area contributed by atoms with Crippen LogP contribution in [0.1, 0.15) is 80.1 Å². The van der Waals surface area contributed by atoms with Gasteiger partial charge in [-0.05, 0) is 74.9 Å². The number of unbranched alkanes of at least 4 members (excludes halogenated alkanes) is 2. The highest BCUT2D eigenvalue weighted by Gasteiger charge is 2.28. The number of piperidine rings is 1. The molecule has 132 valence electrons. The van der Waals surface area contributed by atoms with Crippen molar-refractivity contribution in [1.29, 1.82) is 0 Å². The number of likely N-dealkylation sites (tertiary alicyclic amines) is 1. The van der Waals surface area contributed by atoms with Gasteiger partial charge in [0.05, 0.1) is 0 Å². The van der Waals surface area contributed by atoms with E-state index in [1.807, 2.05) is 0 Å². The molecule has 0 aromatic carbocycles. The Morgan fingerprint density at radius 3 is 2.05 bits per heavy atom. The molecule has 0 unspecified atom stereocenters. The van der Waals surface area contributed by atoms with Gasteiger partial charge in [0, 0.05) is 13.2 Å². The van der Waals surface area contributed by atoms with Gasteiger partial charge < -0.3 is 9.64 Å². The van der Waals surface area contributed by atoms with Crippen molar-refractivity contribution in [3.05, 3.63) is 0 Å². The predicted molar refractivity (Wildman–Crippen MR) is 97.4 cm³/mol. The van der Waals surface area contributed by atoms with Gasteiger partial charge >= 0.3 is 0 Å². The van der Waals surface area contributed by atoms with Gasteiger partial charge in [-0.15, -0.1) is 0 Å². The molecule has 1 aliphatic rings. The summed E-state index contributed by atoms with van der Waals surface area (Å²) in [6, 6.07) is 0. The molecule has 0 saturated carbocycles. The zero-order valence-corrected chi connectivity index (χ0v) is 16.2. The summed E-state index contributed by atoms with van der Waals surface area (Å²) in [6.07, 6.45) is 7.81. The third-order valence-electron chi connectivity index (χ3n) is 5.07. The van der Waals surface area contributed by atoms with Gasteiger partial charge in [-0.25, -0.2) is 0 Å². The van der Waals surface area contributed by atoms with Crippen LogP contribution in [0.25, 0.3) is 0 Å². The maximum atomic E-state index is 5.74. The fraction of sp³-hybridized carbons (Fsp3) is 1.00. The Labute approximate surface area is 140 Å². The molecule has 2 nitrogen and oxygen atoms in total. The van der Waals surface area contributed by atoms with Gasteiger partial charge in [0.15, 0.2) is 0 Å². The number of nitrogens with zero attached hydrogens (tertiary/aromatic N) is 1. The van der Waals surface area contributed by atoms with E-state index in [0.29, 0.717) is 10.8 Å². The monoisotopic (exact) mass is 311 g/mol. The van der Waals surface area contributed by atoms with E-state index in [9.17, 15) is 0 Å². The summed E-state index contributed by atoms with van der Waals surface area (Å²) >= 11 is 0. The fourth-order valence-electron chi connectivity index (χ4n) is 3.22. The molecule has 1 heterocycles. The fourth-order valence-corrected chi connectivity index (χ4v) is 3.22. The van der Waals surface area contributed by atoms with Crippen LogP contribution in [0.15, 0.2) is 0 Å². The van der Waals surface area contributed by atoms with Gasteiger partial charge in [0.25, 0.3) is 0 Å². The van der Waals surface area contributed by atoms with Crippen molar-refractivity contribution in [2.45, 2.75) is 80.1 Å². The van der Waals surface area contributed by atoms with Crippen LogP contribution in [-0.4, -0.2) is 37.7 Å². The van der Waals surface area contributed by atoms with Crippen molar-refractivity contribution >= 4 is 0 Å². The minimum atomic E-state index is 0.402. The molecule has 0 aromatic heterocycles. The minimum Gasteiger partial charge on any atom is -0.381 e. The molecule has 0 spiro atoms. The van der Waals surface area contributed by atoms with Gasteiger partial charge in [-0.3, -0.25) is 0 Å². The lowest BCUT2D eigenvalue weighted by Crippen LogP contribution is -2.38. The van der Waals surface area contributed by atoms with Crippen molar-refractivity contribution < 1.29 is 4.74 Å². The minimum absolute atomic E-state index is 0.402. The third kappa shape index (κ3) is 9.15. The zero-order chi connectivity index (χ0) is 16.6. The zero-order valence-electron chi connectivity index (χ0n) is 16.2. The smallest absolute Gasteiger partial charge is 0.0471 e. The second kappa shape index (κ2) is 9.27.